The van der Waals surface area contributed by atoms with E-state index < -0.39 is 5.97 Å². The molecule has 0 atom stereocenters. The minimum atomic E-state index is -0.412. The van der Waals surface area contributed by atoms with Gasteiger partial charge in [-0.15, -0.1) is 0 Å². The number of carbonyl (C=O) groups excluding carboxylic acids is 1. The number of hydrogen-bond acceptors (Lipinski definition) is 3. The third-order valence-electron chi connectivity index (χ3n) is 1.70. The van der Waals surface area contributed by atoms with Crippen molar-refractivity contribution < 1.29 is 9.53 Å². The summed E-state index contributed by atoms with van der Waals surface area (Å²) in [5, 5.41) is 0. The second-order valence-corrected chi connectivity index (χ2v) is 3.58. The number of nitrogens with zero attached hydrogens (tertiary/aromatic N) is 1. The van der Waals surface area contributed by atoms with Crippen molar-refractivity contribution in [3.05, 3.63) is 29.8 Å². The van der Waals surface area contributed by atoms with Crippen LogP contribution in [0.5, 0.6) is 0 Å². The smallest absolute Gasteiger partial charge is 0.349 e. The number of aryl methyl sites for hydroxylation is 1. The summed E-state index contributed by atoms with van der Waals surface area (Å²) >= 11 is 0. The Kier molecular flexibility index (Phi) is 4.03. The molecule has 0 spiro atoms. The van der Waals surface area contributed by atoms with Gasteiger partial charge in [-0.1, -0.05) is 17.7 Å². The van der Waals surface area contributed by atoms with Crippen LogP contribution in [0.25, 0.3) is 0 Å². The zero-order chi connectivity index (χ0) is 11.3. The summed E-state index contributed by atoms with van der Waals surface area (Å²) in [6.07, 6.45) is 1.09. The number of ether oxygens (including phenoxy) is 1. The Morgan fingerprint density at radius 3 is 2.47 bits per heavy atom. The van der Waals surface area contributed by atoms with E-state index in [0.29, 0.717) is 0 Å². The highest BCUT2D eigenvalue weighted by molar-refractivity contribution is 6.23. The predicted octanol–water partition coefficient (Wildman–Crippen LogP) is 2.65. The van der Waals surface area contributed by atoms with Gasteiger partial charge in [-0.25, -0.2) is 9.79 Å². The molecule has 0 radical (unpaired) electrons. The molecule has 0 aromatic heterocycles. The average Bonchev–Trinajstić information content (AvgIpc) is 2.16. The van der Waals surface area contributed by atoms with Gasteiger partial charge in [0.15, 0.2) is 0 Å². The van der Waals surface area contributed by atoms with Gasteiger partial charge in [0.1, 0.15) is 6.21 Å². The molecule has 3 nitrogen and oxygen atoms in total. The first-order valence-electron chi connectivity index (χ1n) is 4.89. The molecule has 0 saturated carbocycles. The Morgan fingerprint density at radius 1 is 1.33 bits per heavy atom. The molecule has 15 heavy (non-hydrogen) atoms. The summed E-state index contributed by atoms with van der Waals surface area (Å²) in [6, 6.07) is 7.60. The quantitative estimate of drug-likeness (QED) is 0.562. The van der Waals surface area contributed by atoms with E-state index >= 15 is 0 Å². The van der Waals surface area contributed by atoms with Gasteiger partial charge in [-0.05, 0) is 32.9 Å². The van der Waals surface area contributed by atoms with Crippen LogP contribution in [0.4, 0.5) is 5.69 Å². The zero-order valence-electron chi connectivity index (χ0n) is 9.23. The van der Waals surface area contributed by atoms with Crippen molar-refractivity contribution in [3.8, 4) is 0 Å². The molecule has 0 fully saturated rings. The molecule has 1 rings (SSSR count). The van der Waals surface area contributed by atoms with Crippen molar-refractivity contribution in [1.82, 2.24) is 0 Å². The highest BCUT2D eigenvalue weighted by Gasteiger charge is 2.00. The molecule has 0 heterocycles. The van der Waals surface area contributed by atoms with Gasteiger partial charge in [0.05, 0.1) is 11.8 Å². The summed E-state index contributed by atoms with van der Waals surface area (Å²) in [4.78, 5) is 15.1. The summed E-state index contributed by atoms with van der Waals surface area (Å²) in [6.45, 7) is 5.61. The van der Waals surface area contributed by atoms with Crippen LogP contribution in [-0.4, -0.2) is 18.3 Å². The number of hydrogen-bond donors (Lipinski definition) is 0. The SMILES string of the molecule is Cc1ccc(N=CC(=O)OC(C)C)cc1. The Balaban J connectivity index is 2.57. The van der Waals surface area contributed by atoms with E-state index in [0.717, 1.165) is 5.69 Å². The molecule has 0 aliphatic rings. The second kappa shape index (κ2) is 5.29. The third kappa shape index (κ3) is 4.40. The largest absolute Gasteiger partial charge is 0.459 e. The Labute approximate surface area is 89.8 Å². The molecule has 3 heteroatoms. The second-order valence-electron chi connectivity index (χ2n) is 3.58. The van der Waals surface area contributed by atoms with Gasteiger partial charge in [0, 0.05) is 0 Å². The van der Waals surface area contributed by atoms with Crippen LogP contribution in [0.2, 0.25) is 0 Å². The molecule has 0 aliphatic carbocycles. The standard InChI is InChI=1S/C12H15NO2/c1-9(2)15-12(14)8-13-11-6-4-10(3)5-7-11/h4-9H,1-3H3. The number of aliphatic imine (C=N–C) groups is 1. The molecule has 1 aromatic rings. The molecule has 0 unspecified atom stereocenters. The third-order valence-corrected chi connectivity index (χ3v) is 1.70. The first-order chi connectivity index (χ1) is 7.08. The predicted molar refractivity (Wildman–Crippen MR) is 60.6 cm³/mol. The molecule has 1 aromatic carbocycles. The van der Waals surface area contributed by atoms with Crippen LogP contribution in [0.1, 0.15) is 19.4 Å². The lowest BCUT2D eigenvalue weighted by Crippen LogP contribution is -2.11. The van der Waals surface area contributed by atoms with Gasteiger partial charge in [0.25, 0.3) is 0 Å². The summed E-state index contributed by atoms with van der Waals surface area (Å²) in [5.74, 6) is -0.412. The Bertz CT molecular complexity index is 352. The van der Waals surface area contributed by atoms with Crippen LogP contribution >= 0.6 is 0 Å². The minimum absolute atomic E-state index is 0.109. The molecular formula is C12H15NO2. The van der Waals surface area contributed by atoms with Gasteiger partial charge >= 0.3 is 5.97 Å². The molecule has 80 valence electrons. The zero-order valence-corrected chi connectivity index (χ0v) is 9.23. The van der Waals surface area contributed by atoms with E-state index in [1.807, 2.05) is 31.2 Å². The average molecular weight is 205 g/mol. The summed E-state index contributed by atoms with van der Waals surface area (Å²) in [5.41, 5.74) is 1.92. The molecule has 0 N–H and O–H groups in total. The highest BCUT2D eigenvalue weighted by atomic mass is 16.5. The normalized spacial score (nSPS) is 10.9. The minimum Gasteiger partial charge on any atom is -0.459 e. The molecule has 0 amide bonds. The lowest BCUT2D eigenvalue weighted by atomic mass is 10.2. The maximum Gasteiger partial charge on any atom is 0.349 e. The van der Waals surface area contributed by atoms with Crippen molar-refractivity contribution >= 4 is 17.9 Å². The maximum absolute atomic E-state index is 11.1. The number of carbonyl (C=O) groups is 1. The van der Waals surface area contributed by atoms with Crippen LogP contribution in [-0.2, 0) is 9.53 Å². The van der Waals surface area contributed by atoms with Crippen molar-refractivity contribution in [1.29, 1.82) is 0 Å². The van der Waals surface area contributed by atoms with E-state index in [1.54, 1.807) is 13.8 Å². The van der Waals surface area contributed by atoms with Crippen molar-refractivity contribution in [2.45, 2.75) is 26.9 Å². The fourth-order valence-corrected chi connectivity index (χ4v) is 1.02. The van der Waals surface area contributed by atoms with Gasteiger partial charge in [-0.2, -0.15) is 0 Å². The van der Waals surface area contributed by atoms with Crippen molar-refractivity contribution in [2.24, 2.45) is 4.99 Å². The molecule has 0 aliphatic heterocycles. The van der Waals surface area contributed by atoms with Crippen molar-refractivity contribution in [3.63, 3.8) is 0 Å². The van der Waals surface area contributed by atoms with E-state index in [2.05, 4.69) is 4.99 Å². The monoisotopic (exact) mass is 205 g/mol. The number of rotatable bonds is 3. The fraction of sp³-hybridized carbons (Fsp3) is 0.333. The highest BCUT2D eigenvalue weighted by Crippen LogP contribution is 2.11. The Morgan fingerprint density at radius 2 is 1.93 bits per heavy atom. The summed E-state index contributed by atoms with van der Waals surface area (Å²) < 4.78 is 4.91. The van der Waals surface area contributed by atoms with Gasteiger partial charge in [0.2, 0.25) is 0 Å². The fourth-order valence-electron chi connectivity index (χ4n) is 1.02. The van der Waals surface area contributed by atoms with Crippen LogP contribution in [0.3, 0.4) is 0 Å². The van der Waals surface area contributed by atoms with E-state index in [1.165, 1.54) is 11.8 Å². The molecule has 0 bridgehead atoms. The summed E-state index contributed by atoms with van der Waals surface area (Å²) in [7, 11) is 0. The lowest BCUT2D eigenvalue weighted by Gasteiger charge is -2.03. The van der Waals surface area contributed by atoms with E-state index in [4.69, 9.17) is 4.74 Å². The van der Waals surface area contributed by atoms with Crippen molar-refractivity contribution in [2.75, 3.05) is 0 Å². The first-order valence-corrected chi connectivity index (χ1v) is 4.89. The molecular weight excluding hydrogens is 190 g/mol. The number of benzene rings is 1. The first kappa shape index (κ1) is 11.4. The molecule has 0 saturated heterocycles. The topological polar surface area (TPSA) is 38.7 Å². The Hall–Kier alpha value is -1.64. The lowest BCUT2D eigenvalue weighted by molar-refractivity contribution is -0.138. The van der Waals surface area contributed by atoms with Crippen LogP contribution < -0.4 is 0 Å². The van der Waals surface area contributed by atoms with Crippen LogP contribution in [0.15, 0.2) is 29.3 Å². The van der Waals surface area contributed by atoms with Crippen LogP contribution in [0, 0.1) is 6.92 Å². The van der Waals surface area contributed by atoms with Gasteiger partial charge < -0.3 is 4.74 Å². The van der Waals surface area contributed by atoms with E-state index in [9.17, 15) is 4.79 Å². The van der Waals surface area contributed by atoms with E-state index in [-0.39, 0.29) is 6.10 Å². The number of esters is 1. The van der Waals surface area contributed by atoms with Gasteiger partial charge in [-0.3, -0.25) is 0 Å². The maximum atomic E-state index is 11.1.